The summed E-state index contributed by atoms with van der Waals surface area (Å²) in [5.41, 5.74) is 7.50. The van der Waals surface area contributed by atoms with Gasteiger partial charge in [-0.1, -0.05) is 26.8 Å². The van der Waals surface area contributed by atoms with E-state index >= 15 is 0 Å². The van der Waals surface area contributed by atoms with Crippen molar-refractivity contribution in [3.63, 3.8) is 0 Å². The lowest BCUT2D eigenvalue weighted by atomic mass is 9.96. The van der Waals surface area contributed by atoms with Crippen LogP contribution in [0.25, 0.3) is 0 Å². The van der Waals surface area contributed by atoms with E-state index < -0.39 is 5.41 Å². The predicted molar refractivity (Wildman–Crippen MR) is 88.6 cm³/mol. The van der Waals surface area contributed by atoms with Crippen LogP contribution in [0.1, 0.15) is 32.8 Å². The third kappa shape index (κ3) is 6.49. The summed E-state index contributed by atoms with van der Waals surface area (Å²) in [6.45, 7) is 7.72. The van der Waals surface area contributed by atoms with Crippen LogP contribution in [0, 0.1) is 12.3 Å². The zero-order chi connectivity index (χ0) is 15.3. The van der Waals surface area contributed by atoms with Gasteiger partial charge in [-0.05, 0) is 24.6 Å². The standard InChI is InChI=1S/C15H23N3O2.ClH/c1-10-5-6-11(16)9-12(10)18-13(19)7-8-17-14(20)15(2,3)4;/h5-6,9H,7-8,16H2,1-4H3,(H,17,20)(H,18,19);1H. The minimum absolute atomic E-state index is 0. The monoisotopic (exact) mass is 313 g/mol. The van der Waals surface area contributed by atoms with E-state index in [2.05, 4.69) is 10.6 Å². The highest BCUT2D eigenvalue weighted by atomic mass is 35.5. The summed E-state index contributed by atoms with van der Waals surface area (Å²) >= 11 is 0. The molecule has 0 aliphatic rings. The molecule has 0 aromatic heterocycles. The molecule has 2 amide bonds. The number of benzene rings is 1. The summed E-state index contributed by atoms with van der Waals surface area (Å²) in [6.07, 6.45) is 0.232. The van der Waals surface area contributed by atoms with Crippen LogP contribution in [0.4, 0.5) is 11.4 Å². The number of hydrogen-bond acceptors (Lipinski definition) is 3. The van der Waals surface area contributed by atoms with Gasteiger partial charge in [-0.2, -0.15) is 0 Å². The van der Waals surface area contributed by atoms with Gasteiger partial charge >= 0.3 is 0 Å². The van der Waals surface area contributed by atoms with Crippen molar-refractivity contribution in [1.82, 2.24) is 5.32 Å². The molecular formula is C15H24ClN3O2. The van der Waals surface area contributed by atoms with Crippen molar-refractivity contribution in [3.05, 3.63) is 23.8 Å². The quantitative estimate of drug-likeness (QED) is 0.747. The lowest BCUT2D eigenvalue weighted by Gasteiger charge is -2.17. The Balaban J connectivity index is 0.00000400. The van der Waals surface area contributed by atoms with Crippen molar-refractivity contribution >= 4 is 35.6 Å². The van der Waals surface area contributed by atoms with E-state index in [1.807, 2.05) is 33.8 Å². The molecule has 0 radical (unpaired) electrons. The Hall–Kier alpha value is -1.75. The molecule has 0 aliphatic carbocycles. The van der Waals surface area contributed by atoms with Crippen molar-refractivity contribution in [2.45, 2.75) is 34.1 Å². The number of halogens is 1. The topological polar surface area (TPSA) is 84.2 Å². The molecule has 1 rings (SSSR count). The Morgan fingerprint density at radius 1 is 1.24 bits per heavy atom. The van der Waals surface area contributed by atoms with E-state index in [-0.39, 0.29) is 30.6 Å². The van der Waals surface area contributed by atoms with Gasteiger partial charge in [0.2, 0.25) is 11.8 Å². The van der Waals surface area contributed by atoms with E-state index in [4.69, 9.17) is 5.73 Å². The van der Waals surface area contributed by atoms with Crippen molar-refractivity contribution < 1.29 is 9.59 Å². The van der Waals surface area contributed by atoms with Gasteiger partial charge in [0, 0.05) is 29.8 Å². The normalized spacial score (nSPS) is 10.5. The maximum atomic E-state index is 11.8. The molecule has 0 fully saturated rings. The van der Waals surface area contributed by atoms with Crippen LogP contribution in [0.15, 0.2) is 18.2 Å². The molecule has 5 nitrogen and oxygen atoms in total. The minimum atomic E-state index is -0.444. The number of nitrogens with two attached hydrogens (primary N) is 1. The highest BCUT2D eigenvalue weighted by Crippen LogP contribution is 2.18. The van der Waals surface area contributed by atoms with Gasteiger partial charge in [-0.3, -0.25) is 9.59 Å². The third-order valence-electron chi connectivity index (χ3n) is 2.85. The minimum Gasteiger partial charge on any atom is -0.399 e. The first kappa shape index (κ1) is 19.2. The molecular weight excluding hydrogens is 290 g/mol. The summed E-state index contributed by atoms with van der Waals surface area (Å²) in [5, 5.41) is 5.53. The molecule has 0 aliphatic heterocycles. The van der Waals surface area contributed by atoms with Crippen LogP contribution in [0.2, 0.25) is 0 Å². The molecule has 118 valence electrons. The molecule has 0 saturated carbocycles. The highest BCUT2D eigenvalue weighted by Gasteiger charge is 2.20. The second-order valence-electron chi connectivity index (χ2n) is 5.88. The summed E-state index contributed by atoms with van der Waals surface area (Å²) in [5.74, 6) is -0.210. The first-order valence-electron chi connectivity index (χ1n) is 6.64. The number of hydrogen-bond donors (Lipinski definition) is 3. The number of aryl methyl sites for hydroxylation is 1. The highest BCUT2D eigenvalue weighted by molar-refractivity contribution is 5.92. The van der Waals surface area contributed by atoms with E-state index in [0.29, 0.717) is 17.9 Å². The van der Waals surface area contributed by atoms with Gasteiger partial charge in [-0.25, -0.2) is 0 Å². The van der Waals surface area contributed by atoms with Crippen molar-refractivity contribution in [1.29, 1.82) is 0 Å². The molecule has 1 aromatic rings. The summed E-state index contributed by atoms with van der Waals surface area (Å²) in [4.78, 5) is 23.4. The number of rotatable bonds is 4. The van der Waals surface area contributed by atoms with E-state index in [1.54, 1.807) is 12.1 Å². The Morgan fingerprint density at radius 3 is 2.43 bits per heavy atom. The number of carbonyl (C=O) groups is 2. The molecule has 0 heterocycles. The Bertz CT molecular complexity index is 510. The Morgan fingerprint density at radius 2 is 1.86 bits per heavy atom. The van der Waals surface area contributed by atoms with E-state index in [1.165, 1.54) is 0 Å². The maximum Gasteiger partial charge on any atom is 0.226 e. The van der Waals surface area contributed by atoms with Crippen LogP contribution >= 0.6 is 12.4 Å². The van der Waals surface area contributed by atoms with E-state index in [9.17, 15) is 9.59 Å². The van der Waals surface area contributed by atoms with Crippen molar-refractivity contribution in [2.75, 3.05) is 17.6 Å². The second-order valence-corrected chi connectivity index (χ2v) is 5.88. The van der Waals surface area contributed by atoms with Gasteiger partial charge in [0.25, 0.3) is 0 Å². The summed E-state index contributed by atoms with van der Waals surface area (Å²) < 4.78 is 0. The van der Waals surface area contributed by atoms with Gasteiger partial charge in [-0.15, -0.1) is 12.4 Å². The summed E-state index contributed by atoms with van der Waals surface area (Å²) in [7, 11) is 0. The Kier molecular flexibility index (Phi) is 7.22. The van der Waals surface area contributed by atoms with Crippen LogP contribution in [0.5, 0.6) is 0 Å². The molecule has 21 heavy (non-hydrogen) atoms. The van der Waals surface area contributed by atoms with Gasteiger partial charge in [0.05, 0.1) is 0 Å². The van der Waals surface area contributed by atoms with Gasteiger partial charge in [0.1, 0.15) is 0 Å². The largest absolute Gasteiger partial charge is 0.399 e. The Labute approximate surface area is 132 Å². The van der Waals surface area contributed by atoms with Crippen LogP contribution in [-0.2, 0) is 9.59 Å². The lowest BCUT2D eigenvalue weighted by Crippen LogP contribution is -2.36. The number of anilines is 2. The molecule has 1 aromatic carbocycles. The average molecular weight is 314 g/mol. The first-order chi connectivity index (χ1) is 9.20. The van der Waals surface area contributed by atoms with Crippen molar-refractivity contribution in [2.24, 2.45) is 5.41 Å². The fourth-order valence-corrected chi connectivity index (χ4v) is 1.54. The fraction of sp³-hybridized carbons (Fsp3) is 0.467. The lowest BCUT2D eigenvalue weighted by molar-refractivity contribution is -0.128. The predicted octanol–water partition coefficient (Wildman–Crippen LogP) is 2.49. The zero-order valence-electron chi connectivity index (χ0n) is 12.9. The summed E-state index contributed by atoms with van der Waals surface area (Å²) in [6, 6.07) is 5.36. The molecule has 0 unspecified atom stereocenters. The third-order valence-corrected chi connectivity index (χ3v) is 2.85. The average Bonchev–Trinajstić information content (AvgIpc) is 2.32. The molecule has 6 heteroatoms. The van der Waals surface area contributed by atoms with Crippen molar-refractivity contribution in [3.8, 4) is 0 Å². The molecule has 0 spiro atoms. The van der Waals surface area contributed by atoms with Crippen LogP contribution < -0.4 is 16.4 Å². The number of amides is 2. The van der Waals surface area contributed by atoms with E-state index in [0.717, 1.165) is 5.56 Å². The molecule has 0 atom stereocenters. The van der Waals surface area contributed by atoms with Crippen LogP contribution in [0.3, 0.4) is 0 Å². The number of carbonyl (C=O) groups excluding carboxylic acids is 2. The van der Waals surface area contributed by atoms with Gasteiger partial charge < -0.3 is 16.4 Å². The second kappa shape index (κ2) is 7.88. The first-order valence-corrected chi connectivity index (χ1v) is 6.64. The number of nitrogen functional groups attached to an aromatic ring is 1. The van der Waals surface area contributed by atoms with Crippen LogP contribution in [-0.4, -0.2) is 18.4 Å². The fourth-order valence-electron chi connectivity index (χ4n) is 1.54. The SMILES string of the molecule is Cc1ccc(N)cc1NC(=O)CCNC(=O)C(C)(C)C.Cl. The molecule has 4 N–H and O–H groups in total. The molecule has 0 saturated heterocycles. The van der Waals surface area contributed by atoms with Gasteiger partial charge in [0.15, 0.2) is 0 Å². The smallest absolute Gasteiger partial charge is 0.226 e. The maximum absolute atomic E-state index is 11.8. The zero-order valence-corrected chi connectivity index (χ0v) is 13.8. The number of nitrogens with one attached hydrogen (secondary N) is 2. The molecule has 0 bridgehead atoms.